The van der Waals surface area contributed by atoms with Gasteiger partial charge in [0.1, 0.15) is 5.82 Å². The van der Waals surface area contributed by atoms with Crippen LogP contribution < -0.4 is 5.32 Å². The molecule has 2 saturated heterocycles. The van der Waals surface area contributed by atoms with Gasteiger partial charge in [0.05, 0.1) is 10.7 Å². The van der Waals surface area contributed by atoms with Crippen LogP contribution in [-0.4, -0.2) is 51.8 Å². The number of rotatable bonds is 3. The van der Waals surface area contributed by atoms with Crippen molar-refractivity contribution in [2.45, 2.75) is 32.6 Å². The van der Waals surface area contributed by atoms with Crippen LogP contribution in [0.2, 0.25) is 5.02 Å². The second-order valence-corrected chi connectivity index (χ2v) is 8.27. The van der Waals surface area contributed by atoms with Crippen molar-refractivity contribution in [3.63, 3.8) is 0 Å². The summed E-state index contributed by atoms with van der Waals surface area (Å²) in [7, 11) is 0. The zero-order valence-electron chi connectivity index (χ0n) is 16.3. The number of hydrogen-bond acceptors (Lipinski definition) is 4. The summed E-state index contributed by atoms with van der Waals surface area (Å²) in [5.41, 5.74) is 0.755. The Morgan fingerprint density at radius 2 is 1.82 bits per heavy atom. The third-order valence-corrected chi connectivity index (χ3v) is 6.05. The van der Waals surface area contributed by atoms with Gasteiger partial charge >= 0.3 is 0 Å². The minimum atomic E-state index is -0.0735. The maximum atomic E-state index is 13.1. The monoisotopic (exact) mass is 423 g/mol. The van der Waals surface area contributed by atoms with E-state index in [9.17, 15) is 4.79 Å². The van der Waals surface area contributed by atoms with E-state index in [2.05, 4.69) is 15.4 Å². The summed E-state index contributed by atoms with van der Waals surface area (Å²) in [4.78, 5) is 19.6. The molecule has 2 aromatic rings. The van der Waals surface area contributed by atoms with E-state index in [1.54, 1.807) is 4.68 Å². The van der Waals surface area contributed by atoms with Crippen molar-refractivity contribution in [2.75, 3.05) is 26.2 Å². The number of likely N-dealkylation sites (tertiary alicyclic amines) is 1. The molecule has 152 valence electrons. The molecule has 2 fully saturated rings. The molecule has 0 bridgehead atoms. The van der Waals surface area contributed by atoms with E-state index in [1.165, 1.54) is 0 Å². The normalized spacial score (nSPS) is 21.9. The van der Waals surface area contributed by atoms with Crippen molar-refractivity contribution in [2.24, 2.45) is 11.8 Å². The molecule has 0 saturated carbocycles. The molecule has 2 aliphatic heterocycles. The van der Waals surface area contributed by atoms with Gasteiger partial charge in [0.2, 0.25) is 5.82 Å². The number of amides is 1. The van der Waals surface area contributed by atoms with E-state index in [-0.39, 0.29) is 30.1 Å². The molecule has 4 rings (SSSR count). The highest BCUT2D eigenvalue weighted by molar-refractivity contribution is 6.32. The number of carbonyl (C=O) groups is 1. The zero-order valence-corrected chi connectivity index (χ0v) is 17.8. The molecule has 1 aromatic carbocycles. The summed E-state index contributed by atoms with van der Waals surface area (Å²) in [6.45, 7) is 7.79. The van der Waals surface area contributed by atoms with Crippen LogP contribution in [0.4, 0.5) is 0 Å². The fourth-order valence-corrected chi connectivity index (χ4v) is 4.37. The van der Waals surface area contributed by atoms with Crippen molar-refractivity contribution in [1.82, 2.24) is 25.0 Å². The number of para-hydroxylation sites is 1. The van der Waals surface area contributed by atoms with E-state index in [0.717, 1.165) is 50.5 Å². The van der Waals surface area contributed by atoms with Crippen LogP contribution in [0, 0.1) is 11.8 Å². The summed E-state index contributed by atoms with van der Waals surface area (Å²) in [5.74, 6) is 2.44. The first kappa shape index (κ1) is 21.1. The molecule has 1 N–H and O–H groups in total. The number of aromatic nitrogens is 3. The van der Waals surface area contributed by atoms with Crippen molar-refractivity contribution in [3.8, 4) is 5.69 Å². The Morgan fingerprint density at radius 1 is 1.18 bits per heavy atom. The maximum Gasteiger partial charge on any atom is 0.293 e. The Balaban J connectivity index is 0.00000225. The Morgan fingerprint density at radius 3 is 2.43 bits per heavy atom. The third kappa shape index (κ3) is 4.04. The number of nitrogens with one attached hydrogen (secondary N) is 1. The van der Waals surface area contributed by atoms with Gasteiger partial charge in [-0.3, -0.25) is 4.79 Å². The van der Waals surface area contributed by atoms with Crippen LogP contribution in [0.25, 0.3) is 5.69 Å². The summed E-state index contributed by atoms with van der Waals surface area (Å²) in [6.07, 6.45) is 2.09. The number of benzene rings is 1. The van der Waals surface area contributed by atoms with E-state index in [0.29, 0.717) is 16.9 Å². The van der Waals surface area contributed by atoms with Crippen LogP contribution >= 0.6 is 24.0 Å². The Hall–Kier alpha value is -1.63. The fraction of sp³-hybridized carbons (Fsp3) is 0.550. The van der Waals surface area contributed by atoms with Gasteiger partial charge in [-0.1, -0.05) is 37.6 Å². The van der Waals surface area contributed by atoms with Crippen LogP contribution in [0.1, 0.15) is 49.1 Å². The molecular formula is C20H27Cl2N5O. The number of hydrogen-bond donors (Lipinski definition) is 1. The second-order valence-electron chi connectivity index (χ2n) is 7.86. The van der Waals surface area contributed by atoms with Crippen LogP contribution in [0.3, 0.4) is 0 Å². The van der Waals surface area contributed by atoms with Gasteiger partial charge in [0, 0.05) is 19.0 Å². The Kier molecular flexibility index (Phi) is 6.63. The van der Waals surface area contributed by atoms with Crippen LogP contribution in [-0.2, 0) is 0 Å². The standard InChI is InChI=1S/C20H26ClN5O.ClH/c1-13(2)19-23-18(24-26(19)17-6-4-3-5-16(17)21)20(27)25-9-7-14-11-22-12-15(14)8-10-25;/h3-6,13-15,22H,7-12H2,1-2H3;1H/t14-,15+;. The fourth-order valence-electron chi connectivity index (χ4n) is 4.15. The quantitative estimate of drug-likeness (QED) is 0.819. The summed E-state index contributed by atoms with van der Waals surface area (Å²) >= 11 is 6.36. The van der Waals surface area contributed by atoms with Gasteiger partial charge in [-0.25, -0.2) is 9.67 Å². The van der Waals surface area contributed by atoms with Gasteiger partial charge in [-0.2, -0.15) is 0 Å². The van der Waals surface area contributed by atoms with Gasteiger partial charge in [-0.15, -0.1) is 17.5 Å². The number of fused-ring (bicyclic) bond motifs is 1. The minimum Gasteiger partial charge on any atom is -0.336 e. The third-order valence-electron chi connectivity index (χ3n) is 5.73. The zero-order chi connectivity index (χ0) is 19.0. The minimum absolute atomic E-state index is 0. The molecule has 8 heteroatoms. The van der Waals surface area contributed by atoms with E-state index in [1.807, 2.05) is 43.0 Å². The highest BCUT2D eigenvalue weighted by Crippen LogP contribution is 2.28. The molecule has 0 spiro atoms. The topological polar surface area (TPSA) is 63.1 Å². The molecule has 0 unspecified atom stereocenters. The lowest BCUT2D eigenvalue weighted by molar-refractivity contribution is 0.0746. The predicted molar refractivity (Wildman–Crippen MR) is 113 cm³/mol. The molecule has 6 nitrogen and oxygen atoms in total. The molecule has 1 amide bonds. The predicted octanol–water partition coefficient (Wildman–Crippen LogP) is 3.54. The van der Waals surface area contributed by atoms with Gasteiger partial charge in [0.15, 0.2) is 0 Å². The van der Waals surface area contributed by atoms with Crippen molar-refractivity contribution < 1.29 is 4.79 Å². The smallest absolute Gasteiger partial charge is 0.293 e. The molecule has 0 radical (unpaired) electrons. The summed E-state index contributed by atoms with van der Waals surface area (Å²) in [5, 5.41) is 8.62. The van der Waals surface area contributed by atoms with Crippen molar-refractivity contribution in [3.05, 3.63) is 40.9 Å². The first-order valence-electron chi connectivity index (χ1n) is 9.76. The molecule has 28 heavy (non-hydrogen) atoms. The van der Waals surface area contributed by atoms with Gasteiger partial charge in [-0.05, 0) is 49.9 Å². The average molecular weight is 424 g/mol. The van der Waals surface area contributed by atoms with Crippen molar-refractivity contribution in [1.29, 1.82) is 0 Å². The number of halogens is 2. The Bertz CT molecular complexity index is 824. The molecule has 2 atom stereocenters. The molecule has 1 aromatic heterocycles. The maximum absolute atomic E-state index is 13.1. The van der Waals surface area contributed by atoms with Crippen LogP contribution in [0.5, 0.6) is 0 Å². The highest BCUT2D eigenvalue weighted by Gasteiger charge is 2.33. The lowest BCUT2D eigenvalue weighted by Crippen LogP contribution is -2.33. The van der Waals surface area contributed by atoms with Gasteiger partial charge < -0.3 is 10.2 Å². The summed E-state index contributed by atoms with van der Waals surface area (Å²) in [6, 6.07) is 7.52. The van der Waals surface area contributed by atoms with Crippen LogP contribution in [0.15, 0.2) is 24.3 Å². The molecule has 2 aliphatic rings. The SMILES string of the molecule is CC(C)c1nc(C(=O)N2CC[C@@H]3CNC[C@@H]3CC2)nn1-c1ccccc1Cl.Cl. The second kappa shape index (κ2) is 8.80. The Labute approximate surface area is 177 Å². The van der Waals surface area contributed by atoms with Gasteiger partial charge in [0.25, 0.3) is 5.91 Å². The molecule has 0 aliphatic carbocycles. The van der Waals surface area contributed by atoms with E-state index in [4.69, 9.17) is 11.6 Å². The lowest BCUT2D eigenvalue weighted by Gasteiger charge is -2.19. The number of nitrogens with zero attached hydrogens (tertiary/aromatic N) is 4. The van der Waals surface area contributed by atoms with E-state index < -0.39 is 0 Å². The first-order valence-corrected chi connectivity index (χ1v) is 10.1. The summed E-state index contributed by atoms with van der Waals surface area (Å²) < 4.78 is 1.72. The lowest BCUT2D eigenvalue weighted by atomic mass is 9.92. The van der Waals surface area contributed by atoms with Crippen molar-refractivity contribution >= 4 is 29.9 Å². The largest absolute Gasteiger partial charge is 0.336 e. The molecular weight excluding hydrogens is 397 g/mol. The first-order chi connectivity index (χ1) is 13.0. The number of carbonyl (C=O) groups excluding carboxylic acids is 1. The molecule has 3 heterocycles. The average Bonchev–Trinajstić information content (AvgIpc) is 3.25. The highest BCUT2D eigenvalue weighted by atomic mass is 35.5. The van der Waals surface area contributed by atoms with E-state index >= 15 is 0 Å².